The van der Waals surface area contributed by atoms with Crippen molar-refractivity contribution in [2.45, 2.75) is 6.54 Å². The van der Waals surface area contributed by atoms with Crippen LogP contribution in [0.5, 0.6) is 11.5 Å². The molecular weight excluding hydrogens is 263 g/mol. The van der Waals surface area contributed by atoms with E-state index in [1.54, 1.807) is 6.07 Å². The van der Waals surface area contributed by atoms with Gasteiger partial charge >= 0.3 is 0 Å². The minimum absolute atomic E-state index is 0.0603. The third-order valence-electron chi connectivity index (χ3n) is 2.76. The fraction of sp³-hybridized carbons (Fsp3) is 0.0714. The molecule has 0 atom stereocenters. The lowest BCUT2D eigenvalue weighted by Gasteiger charge is -2.09. The summed E-state index contributed by atoms with van der Waals surface area (Å²) in [5.41, 5.74) is 5.60. The lowest BCUT2D eigenvalue weighted by molar-refractivity contribution is 0.102. The summed E-state index contributed by atoms with van der Waals surface area (Å²) in [7, 11) is 0. The van der Waals surface area contributed by atoms with Gasteiger partial charge in [-0.15, -0.1) is 0 Å². The van der Waals surface area contributed by atoms with E-state index < -0.39 is 11.7 Å². The van der Waals surface area contributed by atoms with Crippen LogP contribution in [-0.4, -0.2) is 16.1 Å². The number of nitrogens with one attached hydrogen (secondary N) is 1. The minimum Gasteiger partial charge on any atom is -0.507 e. The van der Waals surface area contributed by atoms with Crippen LogP contribution in [0.25, 0.3) is 0 Å². The van der Waals surface area contributed by atoms with Crippen molar-refractivity contribution in [1.29, 1.82) is 0 Å². The maximum absolute atomic E-state index is 13.7. The molecule has 2 aromatic carbocycles. The summed E-state index contributed by atoms with van der Waals surface area (Å²) in [6, 6.07) is 8.04. The topological polar surface area (TPSA) is 95.6 Å². The maximum atomic E-state index is 13.7. The van der Waals surface area contributed by atoms with E-state index in [1.165, 1.54) is 30.3 Å². The second kappa shape index (κ2) is 5.58. The molecule has 2 aromatic rings. The van der Waals surface area contributed by atoms with Gasteiger partial charge in [-0.25, -0.2) is 4.39 Å². The number of rotatable bonds is 3. The van der Waals surface area contributed by atoms with Crippen LogP contribution in [-0.2, 0) is 6.54 Å². The first-order chi connectivity index (χ1) is 9.52. The molecule has 1 amide bonds. The number of anilines is 1. The molecule has 0 bridgehead atoms. The van der Waals surface area contributed by atoms with Gasteiger partial charge in [0.15, 0.2) is 0 Å². The first-order valence-corrected chi connectivity index (χ1v) is 5.83. The molecule has 0 aliphatic carbocycles. The quantitative estimate of drug-likeness (QED) is 0.689. The van der Waals surface area contributed by atoms with Crippen molar-refractivity contribution in [2.75, 3.05) is 5.32 Å². The molecule has 0 aliphatic rings. The number of hydrogen-bond donors (Lipinski definition) is 4. The Hall–Kier alpha value is -2.60. The van der Waals surface area contributed by atoms with Crippen molar-refractivity contribution in [2.24, 2.45) is 5.73 Å². The van der Waals surface area contributed by atoms with Crippen molar-refractivity contribution in [3.63, 3.8) is 0 Å². The summed E-state index contributed by atoms with van der Waals surface area (Å²) in [4.78, 5) is 11.9. The fourth-order valence-electron chi connectivity index (χ4n) is 1.73. The number of nitrogens with two attached hydrogens (primary N) is 1. The van der Waals surface area contributed by atoms with Gasteiger partial charge in [-0.1, -0.05) is 12.1 Å². The van der Waals surface area contributed by atoms with Crippen molar-refractivity contribution in [3.8, 4) is 11.5 Å². The highest BCUT2D eigenvalue weighted by Crippen LogP contribution is 2.27. The van der Waals surface area contributed by atoms with Gasteiger partial charge in [-0.2, -0.15) is 0 Å². The second-order valence-electron chi connectivity index (χ2n) is 4.14. The Bertz CT molecular complexity index is 639. The van der Waals surface area contributed by atoms with Crippen LogP contribution in [0.1, 0.15) is 15.9 Å². The Morgan fingerprint density at radius 1 is 1.20 bits per heavy atom. The molecule has 2 rings (SSSR count). The van der Waals surface area contributed by atoms with Gasteiger partial charge in [-0.05, 0) is 29.8 Å². The molecule has 0 heterocycles. The molecule has 0 unspecified atom stereocenters. The molecule has 20 heavy (non-hydrogen) atoms. The Labute approximate surface area is 114 Å². The van der Waals surface area contributed by atoms with Crippen LogP contribution in [0.15, 0.2) is 36.4 Å². The summed E-state index contributed by atoms with van der Waals surface area (Å²) >= 11 is 0. The summed E-state index contributed by atoms with van der Waals surface area (Å²) in [6.07, 6.45) is 0. The molecule has 0 aliphatic heterocycles. The highest BCUT2D eigenvalue weighted by atomic mass is 19.1. The molecule has 0 radical (unpaired) electrons. The predicted molar refractivity (Wildman–Crippen MR) is 72.0 cm³/mol. The molecule has 5 N–H and O–H groups in total. The van der Waals surface area contributed by atoms with Gasteiger partial charge in [0.25, 0.3) is 5.91 Å². The average molecular weight is 276 g/mol. The number of phenols is 2. The molecule has 0 fully saturated rings. The van der Waals surface area contributed by atoms with Gasteiger partial charge in [0.1, 0.15) is 22.9 Å². The zero-order valence-electron chi connectivity index (χ0n) is 10.4. The third-order valence-corrected chi connectivity index (χ3v) is 2.76. The number of phenolic OH excluding ortho intramolecular Hbond substituents is 2. The van der Waals surface area contributed by atoms with Gasteiger partial charge in [0, 0.05) is 6.54 Å². The number of aromatic hydroxyl groups is 2. The zero-order chi connectivity index (χ0) is 14.7. The first-order valence-electron chi connectivity index (χ1n) is 5.83. The second-order valence-corrected chi connectivity index (χ2v) is 4.14. The fourth-order valence-corrected chi connectivity index (χ4v) is 1.73. The number of carbonyl (C=O) groups is 1. The lowest BCUT2D eigenvalue weighted by Crippen LogP contribution is -2.13. The van der Waals surface area contributed by atoms with Gasteiger partial charge < -0.3 is 21.3 Å². The Balaban J connectivity index is 2.28. The van der Waals surface area contributed by atoms with Crippen LogP contribution in [0.2, 0.25) is 0 Å². The predicted octanol–water partition coefficient (Wildman–Crippen LogP) is 1.95. The van der Waals surface area contributed by atoms with Crippen molar-refractivity contribution >= 4 is 11.6 Å². The maximum Gasteiger partial charge on any atom is 0.263 e. The first kappa shape index (κ1) is 13.8. The van der Waals surface area contributed by atoms with Gasteiger partial charge in [0.05, 0.1) is 5.69 Å². The van der Waals surface area contributed by atoms with Crippen molar-refractivity contribution in [1.82, 2.24) is 0 Å². The van der Waals surface area contributed by atoms with Crippen LogP contribution < -0.4 is 11.1 Å². The molecule has 6 heteroatoms. The smallest absolute Gasteiger partial charge is 0.263 e. The largest absolute Gasteiger partial charge is 0.507 e. The third kappa shape index (κ3) is 2.70. The monoisotopic (exact) mass is 276 g/mol. The average Bonchev–Trinajstić information content (AvgIpc) is 2.41. The Kier molecular flexibility index (Phi) is 3.86. The molecule has 0 saturated carbocycles. The molecule has 5 nitrogen and oxygen atoms in total. The zero-order valence-corrected chi connectivity index (χ0v) is 10.4. The van der Waals surface area contributed by atoms with E-state index >= 15 is 0 Å². The van der Waals surface area contributed by atoms with Crippen LogP contribution in [0.3, 0.4) is 0 Å². The summed E-state index contributed by atoms with van der Waals surface area (Å²) in [5, 5.41) is 21.4. The number of carbonyl (C=O) groups excluding carboxylic acids is 1. The number of amides is 1. The summed E-state index contributed by atoms with van der Waals surface area (Å²) in [6.45, 7) is 0.186. The van der Waals surface area contributed by atoms with E-state index in [1.807, 2.05) is 0 Å². The van der Waals surface area contributed by atoms with E-state index in [2.05, 4.69) is 5.32 Å². The number of hydrogen-bond acceptors (Lipinski definition) is 4. The molecule has 0 spiro atoms. The van der Waals surface area contributed by atoms with E-state index in [0.29, 0.717) is 5.56 Å². The highest BCUT2D eigenvalue weighted by Gasteiger charge is 2.17. The van der Waals surface area contributed by atoms with E-state index in [4.69, 9.17) is 5.73 Å². The Morgan fingerprint density at radius 2 is 1.85 bits per heavy atom. The van der Waals surface area contributed by atoms with Crippen molar-refractivity contribution in [3.05, 3.63) is 53.3 Å². The standard InChI is InChI=1S/C14H13FN2O3/c15-9-6-8(7-16)4-5-10(9)17-14(20)13-11(18)2-1-3-12(13)19/h1-6,18-19H,7,16H2,(H,17,20). The molecule has 0 saturated heterocycles. The van der Waals surface area contributed by atoms with E-state index in [-0.39, 0.29) is 29.3 Å². The summed E-state index contributed by atoms with van der Waals surface area (Å²) < 4.78 is 13.7. The van der Waals surface area contributed by atoms with E-state index in [9.17, 15) is 19.4 Å². The van der Waals surface area contributed by atoms with Crippen LogP contribution in [0, 0.1) is 5.82 Å². The normalized spacial score (nSPS) is 10.3. The van der Waals surface area contributed by atoms with Gasteiger partial charge in [-0.3, -0.25) is 4.79 Å². The Morgan fingerprint density at radius 3 is 2.40 bits per heavy atom. The van der Waals surface area contributed by atoms with E-state index in [0.717, 1.165) is 0 Å². The van der Waals surface area contributed by atoms with Crippen LogP contribution in [0.4, 0.5) is 10.1 Å². The number of halogens is 1. The number of benzene rings is 2. The molecular formula is C14H13FN2O3. The molecule has 104 valence electrons. The SMILES string of the molecule is NCc1ccc(NC(=O)c2c(O)cccc2O)c(F)c1. The highest BCUT2D eigenvalue weighted by molar-refractivity contribution is 6.08. The van der Waals surface area contributed by atoms with Crippen molar-refractivity contribution < 1.29 is 19.4 Å². The minimum atomic E-state index is -0.806. The summed E-state index contributed by atoms with van der Waals surface area (Å²) in [5.74, 6) is -2.22. The molecule has 0 aromatic heterocycles. The van der Waals surface area contributed by atoms with Crippen LogP contribution >= 0.6 is 0 Å². The lowest BCUT2D eigenvalue weighted by atomic mass is 10.1. The van der Waals surface area contributed by atoms with Gasteiger partial charge in [0.2, 0.25) is 0 Å².